The van der Waals surface area contributed by atoms with Crippen LogP contribution in [0.4, 0.5) is 18.9 Å². The van der Waals surface area contributed by atoms with E-state index in [1.54, 1.807) is 18.7 Å². The highest BCUT2D eigenvalue weighted by Crippen LogP contribution is 2.57. The summed E-state index contributed by atoms with van der Waals surface area (Å²) in [5.41, 5.74) is 4.05. The van der Waals surface area contributed by atoms with Gasteiger partial charge in [-0.2, -0.15) is 13.8 Å². The Balaban J connectivity index is 1.47. The summed E-state index contributed by atoms with van der Waals surface area (Å²) in [5, 5.41) is 16.0. The molecule has 1 aromatic heterocycles. The number of nitrogens with zero attached hydrogens (tertiary/aromatic N) is 3. The van der Waals surface area contributed by atoms with Crippen LogP contribution in [0, 0.1) is 17.7 Å². The second-order valence-corrected chi connectivity index (χ2v) is 10.2. The predicted molar refractivity (Wildman–Crippen MR) is 135 cm³/mol. The smallest absolute Gasteiger partial charge is 0.354 e. The van der Waals surface area contributed by atoms with Gasteiger partial charge in [0, 0.05) is 25.7 Å². The maximum atomic E-state index is 15.0. The topological polar surface area (TPSA) is 135 Å². The number of aryl methyl sites for hydroxylation is 1. The first kappa shape index (κ1) is 27.6. The summed E-state index contributed by atoms with van der Waals surface area (Å²) in [4.78, 5) is 32.9. The number of aromatic nitrogens is 2. The Hall–Kier alpha value is -3.38. The van der Waals surface area contributed by atoms with Crippen molar-refractivity contribution in [2.24, 2.45) is 29.6 Å². The number of nitrogens with one attached hydrogen (secondary N) is 2. The molecular weight excluding hydrogens is 525 g/mol. The molecule has 2 saturated carbocycles. The predicted octanol–water partition coefficient (Wildman–Crippen LogP) is 3.35. The van der Waals surface area contributed by atoms with E-state index < -0.39 is 35.0 Å². The molecule has 13 heteroatoms. The number of nitrogens with two attached hydrogens (primary N) is 1. The fourth-order valence-electron chi connectivity index (χ4n) is 5.52. The number of hydrogen-bond acceptors (Lipinski definition) is 5. The zero-order chi connectivity index (χ0) is 27.8. The van der Waals surface area contributed by atoms with Gasteiger partial charge in [0.2, 0.25) is 0 Å². The summed E-state index contributed by atoms with van der Waals surface area (Å²) >= 11 is 5.80. The van der Waals surface area contributed by atoms with Gasteiger partial charge in [0.15, 0.2) is 0 Å². The molecule has 2 atom stereocenters. The van der Waals surface area contributed by atoms with E-state index in [0.29, 0.717) is 24.2 Å². The minimum atomic E-state index is -4.11. The Kier molecular flexibility index (Phi) is 7.57. The molecule has 2 amide bonds. The Morgan fingerprint density at radius 2 is 1.97 bits per heavy atom. The zero-order valence-electron chi connectivity index (χ0n) is 20.7. The molecule has 0 saturated heterocycles. The molecule has 1 heterocycles. The van der Waals surface area contributed by atoms with Gasteiger partial charge in [-0.3, -0.25) is 9.59 Å². The number of benzene rings is 1. The number of carbonyl (C=O) groups is 2. The number of carbonyl (C=O) groups excluding carboxylic acids is 2. The first-order chi connectivity index (χ1) is 17.9. The fourth-order valence-corrected chi connectivity index (χ4v) is 5.70. The minimum absolute atomic E-state index is 0.137. The molecule has 0 aliphatic heterocycles. The van der Waals surface area contributed by atoms with Crippen LogP contribution in [0.5, 0.6) is 0 Å². The van der Waals surface area contributed by atoms with Crippen molar-refractivity contribution in [3.63, 3.8) is 0 Å². The largest absolute Gasteiger partial charge is 0.394 e. The van der Waals surface area contributed by atoms with Crippen molar-refractivity contribution in [3.8, 4) is 0 Å². The van der Waals surface area contributed by atoms with Gasteiger partial charge in [0.25, 0.3) is 5.91 Å². The minimum Gasteiger partial charge on any atom is -0.394 e. The normalized spacial score (nSPS) is 25.6. The van der Waals surface area contributed by atoms with E-state index in [-0.39, 0.29) is 41.3 Å². The number of amides is 2. The highest BCUT2D eigenvalue weighted by atomic mass is 35.5. The van der Waals surface area contributed by atoms with E-state index in [0.717, 1.165) is 12.1 Å². The van der Waals surface area contributed by atoms with E-state index in [1.807, 2.05) is 0 Å². The second kappa shape index (κ2) is 10.4. The molecule has 2 unspecified atom stereocenters. The quantitative estimate of drug-likeness (QED) is 0.307. The first-order valence-electron chi connectivity index (χ1n) is 12.0. The van der Waals surface area contributed by atoms with Crippen molar-refractivity contribution in [1.29, 1.82) is 0 Å². The lowest BCUT2D eigenvalue weighted by Crippen LogP contribution is -2.52. The number of aliphatic hydroxyl groups is 1. The summed E-state index contributed by atoms with van der Waals surface area (Å²) in [6.07, 6.45) is 4.22. The standard InChI is InChI=1S/C25H28ClF3N6O3/c1-31-6-5-19(30)34-23(37)25(28,29)24(38)10-14-7-13(8-15(14)11-24)20-21(35(2)12-32-20)22(36)33-16-3-4-18(27)17(26)9-16/h3-6,9,12-15,31,38H,7-8,10-11H2,1-2H3,(H,33,36)(H2,30,34,37)/b6-5-. The highest BCUT2D eigenvalue weighted by molar-refractivity contribution is 6.31. The van der Waals surface area contributed by atoms with Gasteiger partial charge >= 0.3 is 11.8 Å². The molecule has 2 aliphatic rings. The lowest BCUT2D eigenvalue weighted by Gasteiger charge is -2.31. The van der Waals surface area contributed by atoms with Crippen LogP contribution in [0.1, 0.15) is 47.8 Å². The maximum absolute atomic E-state index is 15.0. The van der Waals surface area contributed by atoms with Gasteiger partial charge in [-0.15, -0.1) is 0 Å². The summed E-state index contributed by atoms with van der Waals surface area (Å²) < 4.78 is 45.1. The number of amidine groups is 1. The SMILES string of the molecule is CN/C=C\C(N)=NC(=O)C(F)(F)C1(O)CC2CC(c3ncn(C)c3C(=O)Nc3ccc(F)c(Cl)c3)CC2C1. The number of rotatable bonds is 7. The van der Waals surface area contributed by atoms with Crippen LogP contribution in [0.15, 0.2) is 41.8 Å². The van der Waals surface area contributed by atoms with Crippen LogP contribution >= 0.6 is 11.6 Å². The number of aliphatic imine (C=N–C) groups is 1. The lowest BCUT2D eigenvalue weighted by molar-refractivity contribution is -0.189. The average molecular weight is 553 g/mol. The molecule has 4 rings (SSSR count). The van der Waals surface area contributed by atoms with Crippen molar-refractivity contribution in [3.05, 3.63) is 59.0 Å². The van der Waals surface area contributed by atoms with Crippen molar-refractivity contribution in [1.82, 2.24) is 14.9 Å². The van der Waals surface area contributed by atoms with Gasteiger partial charge in [0.1, 0.15) is 22.9 Å². The van der Waals surface area contributed by atoms with Crippen LogP contribution in [-0.4, -0.2) is 50.9 Å². The number of alkyl halides is 2. The van der Waals surface area contributed by atoms with Crippen molar-refractivity contribution >= 4 is 34.9 Å². The number of halogens is 4. The molecule has 5 N–H and O–H groups in total. The third-order valence-electron chi connectivity index (χ3n) is 7.29. The summed E-state index contributed by atoms with van der Waals surface area (Å²) in [7, 11) is 3.22. The molecule has 0 bridgehead atoms. The summed E-state index contributed by atoms with van der Waals surface area (Å²) in [6.45, 7) is 0. The van der Waals surface area contributed by atoms with Crippen LogP contribution in [-0.2, 0) is 11.8 Å². The maximum Gasteiger partial charge on any atom is 0.354 e. The molecule has 1 aromatic carbocycles. The van der Waals surface area contributed by atoms with Crippen LogP contribution in [0.25, 0.3) is 0 Å². The van der Waals surface area contributed by atoms with Gasteiger partial charge in [-0.1, -0.05) is 11.6 Å². The molecule has 2 aromatic rings. The van der Waals surface area contributed by atoms with E-state index in [1.165, 1.54) is 24.7 Å². The summed E-state index contributed by atoms with van der Waals surface area (Å²) in [6, 6.07) is 3.81. The second-order valence-electron chi connectivity index (χ2n) is 9.84. The highest BCUT2D eigenvalue weighted by Gasteiger charge is 2.64. The fraction of sp³-hybridized carbons (Fsp3) is 0.440. The molecule has 2 aliphatic carbocycles. The third kappa shape index (κ3) is 5.14. The average Bonchev–Trinajstić information content (AvgIpc) is 3.51. The molecule has 0 radical (unpaired) electrons. The van der Waals surface area contributed by atoms with Crippen molar-refractivity contribution in [2.75, 3.05) is 12.4 Å². The van der Waals surface area contributed by atoms with Crippen LogP contribution < -0.4 is 16.4 Å². The Morgan fingerprint density at radius 1 is 1.32 bits per heavy atom. The van der Waals surface area contributed by atoms with Crippen molar-refractivity contribution < 1.29 is 27.9 Å². The lowest BCUT2D eigenvalue weighted by atomic mass is 9.87. The van der Waals surface area contributed by atoms with Gasteiger partial charge in [-0.25, -0.2) is 9.37 Å². The molecule has 0 spiro atoms. The van der Waals surface area contributed by atoms with Gasteiger partial charge in [0.05, 0.1) is 17.0 Å². The van der Waals surface area contributed by atoms with E-state index in [9.17, 15) is 19.1 Å². The molecule has 38 heavy (non-hydrogen) atoms. The third-order valence-corrected chi connectivity index (χ3v) is 7.58. The molecular formula is C25H28ClF3N6O3. The number of imidazole rings is 1. The van der Waals surface area contributed by atoms with E-state index >= 15 is 8.78 Å². The number of anilines is 1. The zero-order valence-corrected chi connectivity index (χ0v) is 21.5. The van der Waals surface area contributed by atoms with Crippen LogP contribution in [0.3, 0.4) is 0 Å². The Labute approximate surface area is 222 Å². The monoisotopic (exact) mass is 552 g/mol. The Morgan fingerprint density at radius 3 is 2.58 bits per heavy atom. The van der Waals surface area contributed by atoms with Gasteiger partial charge in [-0.05, 0) is 68.0 Å². The molecule has 204 valence electrons. The van der Waals surface area contributed by atoms with Crippen molar-refractivity contribution in [2.45, 2.75) is 43.1 Å². The molecule has 2 fully saturated rings. The Bertz CT molecular complexity index is 1300. The molecule has 9 nitrogen and oxygen atoms in total. The summed E-state index contributed by atoms with van der Waals surface area (Å²) in [5.74, 6) is -8.22. The van der Waals surface area contributed by atoms with E-state index in [4.69, 9.17) is 17.3 Å². The van der Waals surface area contributed by atoms with Gasteiger partial charge < -0.3 is 26.0 Å². The number of fused-ring (bicyclic) bond motifs is 1. The number of hydrogen-bond donors (Lipinski definition) is 4. The van der Waals surface area contributed by atoms with E-state index in [2.05, 4.69) is 20.6 Å². The first-order valence-corrected chi connectivity index (χ1v) is 12.3. The van der Waals surface area contributed by atoms with Crippen LogP contribution in [0.2, 0.25) is 5.02 Å².